The van der Waals surface area contributed by atoms with Crippen LogP contribution >= 0.6 is 0 Å². The van der Waals surface area contributed by atoms with Crippen molar-refractivity contribution >= 4 is 0 Å². The second kappa shape index (κ2) is 8.02. The van der Waals surface area contributed by atoms with Crippen molar-refractivity contribution < 1.29 is 29.6 Å². The Morgan fingerprint density at radius 2 is 1.59 bits per heavy atom. The molecule has 29 heavy (non-hydrogen) atoms. The normalized spacial score (nSPS) is 27.1. The fourth-order valence-corrected chi connectivity index (χ4v) is 3.49. The zero-order chi connectivity index (χ0) is 20.5. The molecule has 0 radical (unpaired) electrons. The van der Waals surface area contributed by atoms with Crippen LogP contribution in [0.25, 0.3) is 22.6 Å². The summed E-state index contributed by atoms with van der Waals surface area (Å²) in [7, 11) is 0. The number of benzene rings is 2. The molecule has 0 bridgehead atoms. The Labute approximate surface area is 167 Å². The summed E-state index contributed by atoms with van der Waals surface area (Å²) in [6.07, 6.45) is -5.92. The van der Waals surface area contributed by atoms with E-state index in [1.807, 2.05) is 42.5 Å². The molecule has 2 heterocycles. The summed E-state index contributed by atoms with van der Waals surface area (Å²) in [4.78, 5) is 0. The fourth-order valence-electron chi connectivity index (χ4n) is 3.49. The summed E-state index contributed by atoms with van der Waals surface area (Å²) in [5.41, 5.74) is 3.25. The Balaban J connectivity index is 1.60. The van der Waals surface area contributed by atoms with Gasteiger partial charge in [0, 0.05) is 12.5 Å². The Bertz CT molecular complexity index is 971. The quantitative estimate of drug-likeness (QED) is 0.516. The van der Waals surface area contributed by atoms with E-state index in [1.165, 1.54) is 0 Å². The average Bonchev–Trinajstić information content (AvgIpc) is 3.19. The average molecular weight is 398 g/mol. The van der Waals surface area contributed by atoms with Crippen LogP contribution in [0.15, 0.2) is 52.9 Å². The second-order valence-corrected chi connectivity index (χ2v) is 7.08. The van der Waals surface area contributed by atoms with Crippen molar-refractivity contribution in [1.29, 1.82) is 0 Å². The van der Waals surface area contributed by atoms with Crippen molar-refractivity contribution in [3.63, 3.8) is 0 Å². The van der Waals surface area contributed by atoms with Gasteiger partial charge in [0.1, 0.15) is 30.5 Å². The highest BCUT2D eigenvalue weighted by atomic mass is 16.5. The van der Waals surface area contributed by atoms with Crippen LogP contribution in [0.3, 0.4) is 0 Å². The predicted octanol–water partition coefficient (Wildman–Crippen LogP) is 1.23. The molecule has 1 saturated heterocycles. The number of ether oxygens (including phenoxy) is 1. The number of aliphatic hydroxyl groups excluding tert-OH is 4. The first-order valence-electron chi connectivity index (χ1n) is 9.29. The Morgan fingerprint density at radius 1 is 0.862 bits per heavy atom. The third-order valence-corrected chi connectivity index (χ3v) is 5.10. The van der Waals surface area contributed by atoms with Gasteiger partial charge >= 0.3 is 0 Å². The van der Waals surface area contributed by atoms with Crippen molar-refractivity contribution in [2.24, 2.45) is 0 Å². The van der Waals surface area contributed by atoms with Crippen molar-refractivity contribution in [3.8, 4) is 22.6 Å². The third-order valence-electron chi connectivity index (χ3n) is 5.10. The summed E-state index contributed by atoms with van der Waals surface area (Å²) < 4.78 is 11.1. The van der Waals surface area contributed by atoms with E-state index >= 15 is 0 Å². The van der Waals surface area contributed by atoms with Crippen LogP contribution in [-0.2, 0) is 4.74 Å². The Hall–Kier alpha value is -2.62. The van der Waals surface area contributed by atoms with Gasteiger partial charge in [-0.3, -0.25) is 0 Å². The molecule has 1 aromatic heterocycles. The minimum atomic E-state index is -1.41. The molecule has 2 aromatic carbocycles. The molecule has 5 atom stereocenters. The van der Waals surface area contributed by atoms with E-state index in [1.54, 1.807) is 13.0 Å². The van der Waals surface area contributed by atoms with Gasteiger partial charge in [-0.25, -0.2) is 0 Å². The zero-order valence-electron chi connectivity index (χ0n) is 15.7. The van der Waals surface area contributed by atoms with E-state index in [-0.39, 0.29) is 0 Å². The monoisotopic (exact) mass is 398 g/mol. The summed E-state index contributed by atoms with van der Waals surface area (Å²) in [6, 6.07) is 14.9. The number of hydrogen-bond acceptors (Lipinski definition) is 8. The van der Waals surface area contributed by atoms with Crippen LogP contribution in [0.4, 0.5) is 0 Å². The van der Waals surface area contributed by atoms with E-state index in [2.05, 4.69) is 10.2 Å². The van der Waals surface area contributed by atoms with Crippen LogP contribution < -0.4 is 0 Å². The lowest BCUT2D eigenvalue weighted by Crippen LogP contribution is -2.55. The standard InChI is InChI=1S/C21H22N2O6/c1-11-22-23-21(28-11)13-7-5-12(6-8-13)14-3-2-4-15(9-14)20-19(27)18(26)17(25)16(10-24)29-20/h2-9,16-20,24-27H,10H2,1H3/t16-,17-,18+,19+,20?/m1/s1. The first-order valence-corrected chi connectivity index (χ1v) is 9.29. The molecule has 3 aromatic rings. The van der Waals surface area contributed by atoms with E-state index in [4.69, 9.17) is 9.15 Å². The highest BCUT2D eigenvalue weighted by Gasteiger charge is 2.43. The third kappa shape index (κ3) is 3.81. The first kappa shape index (κ1) is 19.7. The molecule has 4 rings (SSSR count). The largest absolute Gasteiger partial charge is 0.421 e. The second-order valence-electron chi connectivity index (χ2n) is 7.08. The molecule has 1 unspecified atom stereocenters. The molecule has 1 fully saturated rings. The van der Waals surface area contributed by atoms with Crippen molar-refractivity contribution in [3.05, 3.63) is 60.0 Å². The minimum Gasteiger partial charge on any atom is -0.421 e. The van der Waals surface area contributed by atoms with Gasteiger partial charge in [0.05, 0.1) is 6.61 Å². The first-order chi connectivity index (χ1) is 14.0. The van der Waals surface area contributed by atoms with Crippen LogP contribution in [0.1, 0.15) is 17.6 Å². The molecule has 4 N–H and O–H groups in total. The SMILES string of the molecule is Cc1nnc(-c2ccc(-c3cccc(C4O[C@H](CO)[C@@H](O)[C@H](O)[C@@H]4O)c3)cc2)o1. The van der Waals surface area contributed by atoms with E-state index < -0.39 is 37.1 Å². The maximum Gasteiger partial charge on any atom is 0.247 e. The summed E-state index contributed by atoms with van der Waals surface area (Å²) in [6.45, 7) is 1.27. The van der Waals surface area contributed by atoms with Crippen molar-refractivity contribution in [2.75, 3.05) is 6.61 Å². The fraction of sp³-hybridized carbons (Fsp3) is 0.333. The number of aromatic nitrogens is 2. The Kier molecular flexibility index (Phi) is 5.44. The molecule has 1 aliphatic rings. The van der Waals surface area contributed by atoms with Gasteiger partial charge in [0.15, 0.2) is 0 Å². The number of aryl methyl sites for hydroxylation is 1. The highest BCUT2D eigenvalue weighted by Crippen LogP contribution is 2.34. The molecule has 0 amide bonds. The maximum absolute atomic E-state index is 10.4. The topological polar surface area (TPSA) is 129 Å². The Morgan fingerprint density at radius 3 is 2.24 bits per heavy atom. The highest BCUT2D eigenvalue weighted by molar-refractivity contribution is 5.68. The summed E-state index contributed by atoms with van der Waals surface area (Å²) >= 11 is 0. The smallest absolute Gasteiger partial charge is 0.247 e. The van der Waals surface area contributed by atoms with Gasteiger partial charge in [-0.05, 0) is 34.9 Å². The van der Waals surface area contributed by atoms with Gasteiger partial charge in [-0.2, -0.15) is 0 Å². The van der Waals surface area contributed by atoms with Crippen LogP contribution in [0, 0.1) is 6.92 Å². The van der Waals surface area contributed by atoms with Gasteiger partial charge in [-0.15, -0.1) is 10.2 Å². The number of hydrogen-bond donors (Lipinski definition) is 4. The molecule has 8 nitrogen and oxygen atoms in total. The molecular formula is C21H22N2O6. The minimum absolute atomic E-state index is 0.448. The lowest BCUT2D eigenvalue weighted by atomic mass is 9.90. The zero-order valence-corrected chi connectivity index (χ0v) is 15.7. The molecule has 0 saturated carbocycles. The van der Waals surface area contributed by atoms with E-state index in [0.29, 0.717) is 17.3 Å². The molecule has 0 spiro atoms. The molecule has 0 aliphatic carbocycles. The summed E-state index contributed by atoms with van der Waals surface area (Å²) in [5.74, 6) is 0.945. The van der Waals surface area contributed by atoms with Crippen LogP contribution in [-0.4, -0.2) is 61.6 Å². The number of rotatable bonds is 4. The molecule has 8 heteroatoms. The van der Waals surface area contributed by atoms with E-state index in [9.17, 15) is 20.4 Å². The van der Waals surface area contributed by atoms with Gasteiger partial charge in [0.25, 0.3) is 0 Å². The van der Waals surface area contributed by atoms with E-state index in [0.717, 1.165) is 16.7 Å². The number of nitrogens with zero attached hydrogens (tertiary/aromatic N) is 2. The van der Waals surface area contributed by atoms with Gasteiger partial charge in [-0.1, -0.05) is 30.3 Å². The van der Waals surface area contributed by atoms with Crippen LogP contribution in [0.2, 0.25) is 0 Å². The molecular weight excluding hydrogens is 376 g/mol. The summed E-state index contributed by atoms with van der Waals surface area (Å²) in [5, 5.41) is 47.6. The lowest BCUT2D eigenvalue weighted by molar-refractivity contribution is -0.231. The lowest BCUT2D eigenvalue weighted by Gasteiger charge is -2.40. The van der Waals surface area contributed by atoms with Crippen LogP contribution in [0.5, 0.6) is 0 Å². The van der Waals surface area contributed by atoms with Gasteiger partial charge in [0.2, 0.25) is 11.8 Å². The van der Waals surface area contributed by atoms with Crippen molar-refractivity contribution in [1.82, 2.24) is 10.2 Å². The molecule has 1 aliphatic heterocycles. The molecule has 152 valence electrons. The van der Waals surface area contributed by atoms with Gasteiger partial charge < -0.3 is 29.6 Å². The number of aliphatic hydroxyl groups is 4. The maximum atomic E-state index is 10.4. The van der Waals surface area contributed by atoms with Crippen molar-refractivity contribution in [2.45, 2.75) is 37.4 Å². The predicted molar refractivity (Wildman–Crippen MR) is 103 cm³/mol.